The number of benzene rings is 2. The first-order valence-corrected chi connectivity index (χ1v) is 7.73. The number of hydrogen-bond donors (Lipinski definition) is 0. The summed E-state index contributed by atoms with van der Waals surface area (Å²) in [5, 5.41) is 8.47. The summed E-state index contributed by atoms with van der Waals surface area (Å²) in [7, 11) is 0. The molecule has 0 atom stereocenters. The molecule has 0 aliphatic heterocycles. The smallest absolute Gasteiger partial charge is 0.338 e. The van der Waals surface area contributed by atoms with Gasteiger partial charge < -0.3 is 9.15 Å². The van der Waals surface area contributed by atoms with Crippen LogP contribution in [0.4, 0.5) is 0 Å². The first-order chi connectivity index (χ1) is 11.5. The largest absolute Gasteiger partial charge is 0.452 e. The molecular formula is C18H15ClN2O3. The van der Waals surface area contributed by atoms with Crippen molar-refractivity contribution in [3.8, 4) is 11.5 Å². The third-order valence-electron chi connectivity index (χ3n) is 3.50. The second kappa shape index (κ2) is 6.84. The lowest BCUT2D eigenvalue weighted by Crippen LogP contribution is -2.07. The molecule has 6 heteroatoms. The van der Waals surface area contributed by atoms with Crippen LogP contribution in [-0.4, -0.2) is 16.2 Å². The van der Waals surface area contributed by atoms with Crippen molar-refractivity contribution in [2.75, 3.05) is 0 Å². The fourth-order valence-corrected chi connectivity index (χ4v) is 2.31. The molecule has 3 aromatic rings. The maximum atomic E-state index is 12.2. The molecule has 24 heavy (non-hydrogen) atoms. The van der Waals surface area contributed by atoms with Gasteiger partial charge in [-0.15, -0.1) is 10.2 Å². The molecular weight excluding hydrogens is 328 g/mol. The summed E-state index contributed by atoms with van der Waals surface area (Å²) >= 11 is 5.85. The van der Waals surface area contributed by atoms with Gasteiger partial charge in [0.05, 0.1) is 5.56 Å². The van der Waals surface area contributed by atoms with E-state index in [4.69, 9.17) is 20.8 Å². The van der Waals surface area contributed by atoms with E-state index in [9.17, 15) is 4.79 Å². The third kappa shape index (κ3) is 3.63. The van der Waals surface area contributed by atoms with E-state index in [1.807, 2.05) is 26.0 Å². The van der Waals surface area contributed by atoms with Crippen LogP contribution in [0.25, 0.3) is 11.5 Å². The monoisotopic (exact) mass is 342 g/mol. The second-order valence-electron chi connectivity index (χ2n) is 5.40. The van der Waals surface area contributed by atoms with Crippen LogP contribution >= 0.6 is 11.6 Å². The molecule has 1 heterocycles. The molecule has 5 nitrogen and oxygen atoms in total. The zero-order chi connectivity index (χ0) is 17.1. The summed E-state index contributed by atoms with van der Waals surface area (Å²) in [6.07, 6.45) is 0. The molecule has 0 bridgehead atoms. The van der Waals surface area contributed by atoms with E-state index in [0.29, 0.717) is 16.5 Å². The quantitative estimate of drug-likeness (QED) is 0.659. The molecule has 122 valence electrons. The topological polar surface area (TPSA) is 65.2 Å². The number of esters is 1. The Morgan fingerprint density at radius 2 is 1.88 bits per heavy atom. The van der Waals surface area contributed by atoms with Gasteiger partial charge in [-0.1, -0.05) is 29.3 Å². The first-order valence-electron chi connectivity index (χ1n) is 7.35. The lowest BCUT2D eigenvalue weighted by Gasteiger charge is -2.06. The highest BCUT2D eigenvalue weighted by atomic mass is 35.5. The number of carbonyl (C=O) groups is 1. The van der Waals surface area contributed by atoms with Gasteiger partial charge in [-0.3, -0.25) is 0 Å². The van der Waals surface area contributed by atoms with Gasteiger partial charge in [0.2, 0.25) is 5.89 Å². The van der Waals surface area contributed by atoms with Crippen LogP contribution in [-0.2, 0) is 11.3 Å². The average molecular weight is 343 g/mol. The number of ether oxygens (including phenoxy) is 1. The fraction of sp³-hybridized carbons (Fsp3) is 0.167. The number of aryl methyl sites for hydroxylation is 2. The highest BCUT2D eigenvalue weighted by Gasteiger charge is 2.14. The molecule has 0 aliphatic carbocycles. The van der Waals surface area contributed by atoms with Gasteiger partial charge in [-0.25, -0.2) is 4.79 Å². The Bertz CT molecular complexity index is 872. The maximum absolute atomic E-state index is 12.2. The van der Waals surface area contributed by atoms with Gasteiger partial charge in [0.1, 0.15) is 0 Å². The van der Waals surface area contributed by atoms with Gasteiger partial charge in [0.25, 0.3) is 5.89 Å². The zero-order valence-corrected chi connectivity index (χ0v) is 14.0. The molecule has 0 fully saturated rings. The molecule has 0 spiro atoms. The Morgan fingerprint density at radius 1 is 1.12 bits per heavy atom. The van der Waals surface area contributed by atoms with Crippen LogP contribution in [0.5, 0.6) is 0 Å². The minimum Gasteiger partial charge on any atom is -0.452 e. The molecule has 0 unspecified atom stereocenters. The lowest BCUT2D eigenvalue weighted by atomic mass is 10.1. The molecule has 2 aromatic carbocycles. The summed E-state index contributed by atoms with van der Waals surface area (Å²) in [5.41, 5.74) is 3.14. The van der Waals surface area contributed by atoms with Crippen LogP contribution in [0.3, 0.4) is 0 Å². The van der Waals surface area contributed by atoms with Gasteiger partial charge in [-0.2, -0.15) is 0 Å². The minimum absolute atomic E-state index is 0.0766. The predicted molar refractivity (Wildman–Crippen MR) is 89.8 cm³/mol. The van der Waals surface area contributed by atoms with Crippen molar-refractivity contribution in [3.05, 3.63) is 70.1 Å². The van der Waals surface area contributed by atoms with E-state index in [0.717, 1.165) is 16.7 Å². The van der Waals surface area contributed by atoms with Gasteiger partial charge in [0.15, 0.2) is 6.61 Å². The van der Waals surface area contributed by atoms with Crippen LogP contribution < -0.4 is 0 Å². The number of hydrogen-bond acceptors (Lipinski definition) is 5. The molecule has 1 aromatic heterocycles. The summed E-state index contributed by atoms with van der Waals surface area (Å²) in [4.78, 5) is 12.2. The lowest BCUT2D eigenvalue weighted by molar-refractivity contribution is 0.0437. The number of halogens is 1. The fourth-order valence-electron chi connectivity index (χ4n) is 2.18. The Labute approximate surface area is 144 Å². The third-order valence-corrected chi connectivity index (χ3v) is 3.75. The van der Waals surface area contributed by atoms with E-state index >= 15 is 0 Å². The van der Waals surface area contributed by atoms with E-state index in [1.54, 1.807) is 30.3 Å². The second-order valence-corrected chi connectivity index (χ2v) is 5.84. The number of rotatable bonds is 4. The molecule has 0 N–H and O–H groups in total. The van der Waals surface area contributed by atoms with Crippen LogP contribution in [0.15, 0.2) is 46.9 Å². The summed E-state index contributed by atoms with van der Waals surface area (Å²) in [6, 6.07) is 12.7. The van der Waals surface area contributed by atoms with Crippen LogP contribution in [0, 0.1) is 13.8 Å². The van der Waals surface area contributed by atoms with E-state index in [2.05, 4.69) is 10.2 Å². The number of carbonyl (C=O) groups excluding carboxylic acids is 1. The normalized spacial score (nSPS) is 10.6. The summed E-state index contributed by atoms with van der Waals surface area (Å²) in [6.45, 7) is 3.71. The van der Waals surface area contributed by atoms with Crippen molar-refractivity contribution in [3.63, 3.8) is 0 Å². The van der Waals surface area contributed by atoms with Crippen molar-refractivity contribution < 1.29 is 13.9 Å². The Morgan fingerprint density at radius 3 is 2.62 bits per heavy atom. The van der Waals surface area contributed by atoms with Crippen molar-refractivity contribution >= 4 is 17.6 Å². The molecule has 0 saturated carbocycles. The van der Waals surface area contributed by atoms with E-state index < -0.39 is 5.97 Å². The Kier molecular flexibility index (Phi) is 4.62. The Balaban J connectivity index is 1.68. The number of nitrogens with zero attached hydrogens (tertiary/aromatic N) is 2. The summed E-state index contributed by atoms with van der Waals surface area (Å²) in [5.74, 6) is 0.172. The predicted octanol–water partition coefficient (Wildman–Crippen LogP) is 4.36. The molecule has 0 saturated heterocycles. The standard InChI is InChI=1S/C18H15ClN2O3/c1-11-3-4-12(2)15(9-11)18(22)23-10-16-20-21-17(24-16)13-5-7-14(19)8-6-13/h3-9H,10H2,1-2H3. The van der Waals surface area contributed by atoms with Crippen LogP contribution in [0.1, 0.15) is 27.4 Å². The SMILES string of the molecule is Cc1ccc(C)c(C(=O)OCc2nnc(-c3ccc(Cl)cc3)o2)c1. The molecule has 0 aliphatic rings. The maximum Gasteiger partial charge on any atom is 0.338 e. The van der Waals surface area contributed by atoms with Crippen molar-refractivity contribution in [2.24, 2.45) is 0 Å². The summed E-state index contributed by atoms with van der Waals surface area (Å²) < 4.78 is 10.8. The first kappa shape index (κ1) is 16.2. The van der Waals surface area contributed by atoms with Gasteiger partial charge in [0, 0.05) is 10.6 Å². The van der Waals surface area contributed by atoms with Crippen molar-refractivity contribution in [1.29, 1.82) is 0 Å². The molecule has 0 radical (unpaired) electrons. The molecule has 0 amide bonds. The van der Waals surface area contributed by atoms with Gasteiger partial charge in [-0.05, 0) is 49.7 Å². The van der Waals surface area contributed by atoms with Crippen molar-refractivity contribution in [1.82, 2.24) is 10.2 Å². The van der Waals surface area contributed by atoms with Crippen LogP contribution in [0.2, 0.25) is 5.02 Å². The van der Waals surface area contributed by atoms with E-state index in [-0.39, 0.29) is 12.5 Å². The van der Waals surface area contributed by atoms with Gasteiger partial charge >= 0.3 is 5.97 Å². The highest BCUT2D eigenvalue weighted by molar-refractivity contribution is 6.30. The minimum atomic E-state index is -0.414. The van der Waals surface area contributed by atoms with E-state index in [1.165, 1.54) is 0 Å². The highest BCUT2D eigenvalue weighted by Crippen LogP contribution is 2.20. The van der Waals surface area contributed by atoms with Crippen molar-refractivity contribution in [2.45, 2.75) is 20.5 Å². The molecule has 3 rings (SSSR count). The average Bonchev–Trinajstić information content (AvgIpc) is 3.04. The Hall–Kier alpha value is -2.66. The number of aromatic nitrogens is 2. The zero-order valence-electron chi connectivity index (χ0n) is 13.2.